The number of piperidine rings is 1. The number of nitriles is 1. The molecule has 4 aromatic rings. The van der Waals surface area contributed by atoms with Gasteiger partial charge in [-0.05, 0) is 6.92 Å². The predicted molar refractivity (Wildman–Crippen MR) is 190 cm³/mol. The Morgan fingerprint density at radius 2 is 1.86 bits per heavy atom. The van der Waals surface area contributed by atoms with Crippen molar-refractivity contribution in [1.29, 1.82) is 5.26 Å². The van der Waals surface area contributed by atoms with Crippen LogP contribution in [0.1, 0.15) is 39.7 Å². The molecule has 2 atom stereocenters. The van der Waals surface area contributed by atoms with Gasteiger partial charge in [-0.15, -0.1) is 0 Å². The Bertz CT molecular complexity index is 1960. The number of nitrogens with zero attached hydrogens (tertiary/aromatic N) is 8. The number of halogens is 1. The van der Waals surface area contributed by atoms with Crippen LogP contribution in [-0.2, 0) is 9.53 Å². The SMILES string of the molecule is CC(C)(C=C(C#N)C(=O)N1CCC[C@@H](n2nc(-c3ccc(Oc4ccccc4)cc3F)c3c([AsH2])ncnc32)C1)N1CCN(C2(C)COC2)CC1. The minimum atomic E-state index is -0.478. The van der Waals surface area contributed by atoms with Crippen molar-refractivity contribution in [3.05, 3.63) is 72.3 Å². The third-order valence-corrected chi connectivity index (χ3v) is 11.2. The second-order valence-electron chi connectivity index (χ2n) is 14.1. The second-order valence-corrected chi connectivity index (χ2v) is 15.3. The van der Waals surface area contributed by atoms with Crippen molar-refractivity contribution in [3.63, 3.8) is 0 Å². The van der Waals surface area contributed by atoms with Gasteiger partial charge in [0.05, 0.1) is 18.8 Å². The quantitative estimate of drug-likeness (QED) is 0.152. The third-order valence-electron chi connectivity index (χ3n) is 10.3. The van der Waals surface area contributed by atoms with E-state index in [0.717, 1.165) is 56.7 Å². The summed E-state index contributed by atoms with van der Waals surface area (Å²) in [5.74, 6) is 0.238. The molecule has 13 heteroatoms. The van der Waals surface area contributed by atoms with Crippen molar-refractivity contribution in [3.8, 4) is 28.8 Å². The monoisotopic (exact) mass is 740 g/mol. The maximum atomic E-state index is 15.7. The average molecular weight is 741 g/mol. The van der Waals surface area contributed by atoms with Gasteiger partial charge in [-0.2, -0.15) is 0 Å². The molecule has 260 valence electrons. The number of hydrogen-bond donors (Lipinski definition) is 0. The van der Waals surface area contributed by atoms with Crippen molar-refractivity contribution >= 4 is 38.3 Å². The van der Waals surface area contributed by atoms with Gasteiger partial charge in [0, 0.05) is 26.2 Å². The Kier molecular flexibility index (Phi) is 9.52. The molecule has 0 radical (unpaired) electrons. The van der Waals surface area contributed by atoms with Gasteiger partial charge in [0.15, 0.2) is 0 Å². The summed E-state index contributed by atoms with van der Waals surface area (Å²) in [6, 6.07) is 16.0. The molecule has 3 aliphatic rings. The van der Waals surface area contributed by atoms with Gasteiger partial charge in [0.2, 0.25) is 0 Å². The van der Waals surface area contributed by atoms with Crippen LogP contribution in [0, 0.1) is 17.1 Å². The van der Waals surface area contributed by atoms with Gasteiger partial charge >= 0.3 is 240 Å². The molecule has 2 aromatic heterocycles. The first-order valence-corrected chi connectivity index (χ1v) is 18.3. The summed E-state index contributed by atoms with van der Waals surface area (Å²) < 4.78 is 29.6. The normalized spacial score (nSPS) is 20.4. The molecule has 0 aliphatic carbocycles. The van der Waals surface area contributed by atoms with E-state index in [1.165, 1.54) is 29.2 Å². The molecule has 5 heterocycles. The van der Waals surface area contributed by atoms with Crippen molar-refractivity contribution in [2.24, 2.45) is 0 Å². The predicted octanol–water partition coefficient (Wildman–Crippen LogP) is 3.48. The zero-order chi connectivity index (χ0) is 35.0. The Morgan fingerprint density at radius 1 is 1.10 bits per heavy atom. The van der Waals surface area contributed by atoms with E-state index in [-0.39, 0.29) is 23.1 Å². The molecular formula is C37H42AsFN8O3. The van der Waals surface area contributed by atoms with Gasteiger partial charge in [0.1, 0.15) is 0 Å². The van der Waals surface area contributed by atoms with E-state index in [4.69, 9.17) is 14.6 Å². The molecular weight excluding hydrogens is 698 g/mol. The number of hydrogen-bond acceptors (Lipinski definition) is 9. The van der Waals surface area contributed by atoms with Crippen LogP contribution in [-0.4, -0.2) is 121 Å². The van der Waals surface area contributed by atoms with E-state index in [1.54, 1.807) is 17.0 Å². The molecule has 3 saturated heterocycles. The summed E-state index contributed by atoms with van der Waals surface area (Å²) >= 11 is 1.30. The molecule has 1 amide bonds. The summed E-state index contributed by atoms with van der Waals surface area (Å²) in [7, 11) is 0. The third kappa shape index (κ3) is 6.68. The summed E-state index contributed by atoms with van der Waals surface area (Å²) in [5, 5.41) is 15.8. The summed E-state index contributed by atoms with van der Waals surface area (Å²) in [6.07, 6.45) is 4.81. The van der Waals surface area contributed by atoms with Gasteiger partial charge in [0.25, 0.3) is 0 Å². The average Bonchev–Trinajstić information content (AvgIpc) is 3.50. The number of carbonyl (C=O) groups is 1. The zero-order valence-corrected chi connectivity index (χ0v) is 31.1. The Morgan fingerprint density at radius 3 is 2.54 bits per heavy atom. The Hall–Kier alpha value is -4.14. The maximum absolute atomic E-state index is 15.7. The van der Waals surface area contributed by atoms with E-state index in [0.29, 0.717) is 46.9 Å². The van der Waals surface area contributed by atoms with Crippen LogP contribution in [0.25, 0.3) is 22.3 Å². The van der Waals surface area contributed by atoms with Crippen LogP contribution in [0.3, 0.4) is 0 Å². The molecule has 0 N–H and O–H groups in total. The van der Waals surface area contributed by atoms with Crippen molar-refractivity contribution in [2.75, 3.05) is 52.5 Å². The van der Waals surface area contributed by atoms with E-state index in [9.17, 15) is 10.1 Å². The van der Waals surface area contributed by atoms with Crippen LogP contribution >= 0.6 is 0 Å². The van der Waals surface area contributed by atoms with Gasteiger partial charge in [-0.3, -0.25) is 4.90 Å². The fourth-order valence-electron chi connectivity index (χ4n) is 7.31. The molecule has 50 heavy (non-hydrogen) atoms. The standard InChI is InChI=1S/C37H42AsFN8O3/c1-36(2,45-14-16-46(17-15-45)37(3)22-49-23-37)19-25(20-40)35(48)44-13-7-8-26(21-44)47-34-31(33(38)41-24-42-34)32(43-47)29-12-11-28(18-30(29)39)50-27-9-5-4-6-10-27/h4-6,9-12,18-19,24,26H,7-8,13-17,21-23,38H2,1-3H3/t26-/m1/s1. The smallest absolute Gasteiger partial charge is 0.377 e. The first kappa shape index (κ1) is 34.3. The second kappa shape index (κ2) is 13.9. The van der Waals surface area contributed by atoms with Crippen LogP contribution in [0.15, 0.2) is 66.5 Å². The van der Waals surface area contributed by atoms with Crippen molar-refractivity contribution < 1.29 is 18.7 Å². The molecule has 0 bridgehead atoms. The number of rotatable bonds is 8. The number of likely N-dealkylation sites (tertiary alicyclic amines) is 1. The number of carbonyl (C=O) groups excluding carboxylic acids is 1. The zero-order valence-electron chi connectivity index (χ0n) is 28.7. The van der Waals surface area contributed by atoms with E-state index in [2.05, 4.69) is 46.6 Å². The number of aromatic nitrogens is 4. The Balaban J connectivity index is 1.11. The van der Waals surface area contributed by atoms with E-state index in [1.807, 2.05) is 41.1 Å². The first-order chi connectivity index (χ1) is 24.1. The van der Waals surface area contributed by atoms with Crippen LogP contribution in [0.2, 0.25) is 0 Å². The summed E-state index contributed by atoms with van der Waals surface area (Å²) in [4.78, 5) is 29.5. The van der Waals surface area contributed by atoms with Crippen molar-refractivity contribution in [2.45, 2.75) is 50.7 Å². The molecule has 2 aromatic carbocycles. The molecule has 0 spiro atoms. The molecule has 3 fully saturated rings. The van der Waals surface area contributed by atoms with E-state index < -0.39 is 11.4 Å². The minimum absolute atomic E-state index is 0.104. The molecule has 0 saturated carbocycles. The number of benzene rings is 2. The first-order valence-electron chi connectivity index (χ1n) is 17.1. The van der Waals surface area contributed by atoms with Crippen molar-refractivity contribution in [1.82, 2.24) is 34.4 Å². The summed E-state index contributed by atoms with van der Waals surface area (Å²) in [5.41, 5.74) is 1.13. The Labute approximate surface area is 300 Å². The fraction of sp³-hybridized carbons (Fsp3) is 0.432. The van der Waals surface area contributed by atoms with Crippen LogP contribution in [0.5, 0.6) is 11.5 Å². The molecule has 11 nitrogen and oxygen atoms in total. The molecule has 1 unspecified atom stereocenters. The molecule has 3 aliphatic heterocycles. The number of para-hydroxylation sites is 1. The van der Waals surface area contributed by atoms with Gasteiger partial charge in [-0.1, -0.05) is 0 Å². The molecule has 7 rings (SSSR count). The minimum Gasteiger partial charge on any atom is -0.377 e. The number of ether oxygens (including phenoxy) is 2. The number of amides is 1. The number of fused-ring (bicyclic) bond motifs is 1. The summed E-state index contributed by atoms with van der Waals surface area (Å²) in [6.45, 7) is 12.3. The van der Waals surface area contributed by atoms with Crippen LogP contribution < -0.4 is 9.22 Å². The van der Waals surface area contributed by atoms with Crippen LogP contribution in [0.4, 0.5) is 4.39 Å². The fourth-order valence-corrected chi connectivity index (χ4v) is 8.01. The van der Waals surface area contributed by atoms with Gasteiger partial charge < -0.3 is 4.74 Å². The van der Waals surface area contributed by atoms with Gasteiger partial charge in [-0.25, -0.2) is 0 Å². The topological polar surface area (TPSA) is 113 Å². The number of piperazine rings is 1. The van der Waals surface area contributed by atoms with E-state index >= 15 is 4.39 Å².